The summed E-state index contributed by atoms with van der Waals surface area (Å²) >= 11 is 1.78. The first-order valence-electron chi connectivity index (χ1n) is 3.53. The smallest absolute Gasteiger partial charge is 0.0140 e. The van der Waals surface area contributed by atoms with Crippen LogP contribution in [0.25, 0.3) is 0 Å². The maximum absolute atomic E-state index is 3.91. The molecule has 0 aromatic heterocycles. The van der Waals surface area contributed by atoms with Gasteiger partial charge in [0.2, 0.25) is 0 Å². The lowest BCUT2D eigenvalue weighted by Gasteiger charge is -1.98. The van der Waals surface area contributed by atoms with Crippen LogP contribution in [0.15, 0.2) is 11.5 Å². The van der Waals surface area contributed by atoms with Crippen molar-refractivity contribution in [1.82, 2.24) is 0 Å². The third-order valence-electron chi connectivity index (χ3n) is 1.35. The first-order chi connectivity index (χ1) is 4.31. The molecule has 0 atom stereocenters. The highest BCUT2D eigenvalue weighted by atomic mass is 32.2. The Bertz CT molecular complexity index is 76.6. The van der Waals surface area contributed by atoms with Crippen molar-refractivity contribution in [3.63, 3.8) is 0 Å². The van der Waals surface area contributed by atoms with Crippen LogP contribution in [0.3, 0.4) is 0 Å². The highest BCUT2D eigenvalue weighted by Gasteiger charge is 1.89. The molecule has 0 aromatic carbocycles. The van der Waals surface area contributed by atoms with Gasteiger partial charge in [-0.3, -0.25) is 0 Å². The van der Waals surface area contributed by atoms with E-state index in [4.69, 9.17) is 0 Å². The van der Waals surface area contributed by atoms with E-state index in [-0.39, 0.29) is 0 Å². The van der Waals surface area contributed by atoms with Gasteiger partial charge in [0.15, 0.2) is 0 Å². The summed E-state index contributed by atoms with van der Waals surface area (Å²) in [7, 11) is 0. The Hall–Kier alpha value is 0.0900. The second-order valence-corrected chi connectivity index (χ2v) is 3.19. The fraction of sp³-hybridized carbons (Fsp3) is 0.750. The number of allylic oxidation sites excluding steroid dienone is 1. The molecule has 0 aromatic rings. The summed E-state index contributed by atoms with van der Waals surface area (Å²) in [5.41, 5.74) is 0. The van der Waals surface area contributed by atoms with E-state index in [1.807, 2.05) is 0 Å². The van der Waals surface area contributed by atoms with Gasteiger partial charge in [0, 0.05) is 0 Å². The summed E-state index contributed by atoms with van der Waals surface area (Å²) in [6, 6.07) is 0. The molecule has 54 valence electrons. The molecule has 0 radical (unpaired) electrons. The van der Waals surface area contributed by atoms with Crippen molar-refractivity contribution in [3.8, 4) is 0 Å². The number of hydrogen-bond acceptors (Lipinski definition) is 1. The fourth-order valence-electron chi connectivity index (χ4n) is 0.674. The van der Waals surface area contributed by atoms with Crippen LogP contribution in [-0.2, 0) is 0 Å². The number of rotatable bonds is 5. The fourth-order valence-corrected chi connectivity index (χ4v) is 1.02. The molecule has 0 rings (SSSR count). The molecule has 0 fully saturated rings. The minimum Gasteiger partial charge on any atom is -0.135 e. The van der Waals surface area contributed by atoms with Crippen molar-refractivity contribution >= 4 is 11.8 Å². The van der Waals surface area contributed by atoms with Crippen molar-refractivity contribution in [2.75, 3.05) is 6.26 Å². The zero-order chi connectivity index (χ0) is 7.11. The Morgan fingerprint density at radius 3 is 2.56 bits per heavy atom. The highest BCUT2D eigenvalue weighted by molar-refractivity contribution is 8.02. The van der Waals surface area contributed by atoms with Crippen LogP contribution in [0.4, 0.5) is 0 Å². The predicted molar refractivity (Wildman–Crippen MR) is 46.8 cm³/mol. The summed E-state index contributed by atoms with van der Waals surface area (Å²) in [5, 5.41) is 0. The molecule has 1 heteroatoms. The standard InChI is InChI=1S/C8H16S/c1-4-5-6-7-8(2)9-3/h2,4-7H2,1,3H3. The first-order valence-corrected chi connectivity index (χ1v) is 4.75. The normalized spacial score (nSPS) is 9.56. The van der Waals surface area contributed by atoms with Crippen LogP contribution in [-0.4, -0.2) is 6.26 Å². The van der Waals surface area contributed by atoms with Crippen molar-refractivity contribution in [2.24, 2.45) is 0 Å². The maximum atomic E-state index is 3.91. The quantitative estimate of drug-likeness (QED) is 0.533. The lowest BCUT2D eigenvalue weighted by molar-refractivity contribution is 0.726. The molecule has 0 bridgehead atoms. The monoisotopic (exact) mass is 144 g/mol. The van der Waals surface area contributed by atoms with E-state index in [9.17, 15) is 0 Å². The van der Waals surface area contributed by atoms with Crippen molar-refractivity contribution in [3.05, 3.63) is 11.5 Å². The van der Waals surface area contributed by atoms with E-state index in [0.29, 0.717) is 0 Å². The largest absolute Gasteiger partial charge is 0.135 e. The third kappa shape index (κ3) is 5.97. The van der Waals surface area contributed by atoms with Crippen LogP contribution < -0.4 is 0 Å². The summed E-state index contributed by atoms with van der Waals surface area (Å²) in [5.74, 6) is 0. The molecule has 0 unspecified atom stereocenters. The van der Waals surface area contributed by atoms with Crippen LogP contribution in [0.5, 0.6) is 0 Å². The summed E-state index contributed by atoms with van der Waals surface area (Å²) in [6.45, 7) is 6.13. The van der Waals surface area contributed by atoms with Gasteiger partial charge < -0.3 is 0 Å². The Labute approximate surface area is 62.7 Å². The average molecular weight is 144 g/mol. The summed E-state index contributed by atoms with van der Waals surface area (Å²) in [4.78, 5) is 1.32. The molecule has 0 aliphatic rings. The number of hydrogen-bond donors (Lipinski definition) is 0. The molecule has 0 aliphatic heterocycles. The van der Waals surface area contributed by atoms with Crippen LogP contribution in [0.1, 0.15) is 32.6 Å². The second-order valence-electron chi connectivity index (χ2n) is 2.20. The lowest BCUT2D eigenvalue weighted by atomic mass is 10.2. The maximum Gasteiger partial charge on any atom is -0.0140 e. The van der Waals surface area contributed by atoms with Gasteiger partial charge in [0.25, 0.3) is 0 Å². The van der Waals surface area contributed by atoms with Gasteiger partial charge >= 0.3 is 0 Å². The molecule has 0 heterocycles. The summed E-state index contributed by atoms with van der Waals surface area (Å²) in [6.07, 6.45) is 7.26. The molecular weight excluding hydrogens is 128 g/mol. The van der Waals surface area contributed by atoms with Crippen molar-refractivity contribution in [1.29, 1.82) is 0 Å². The molecular formula is C8H16S. The second kappa shape index (κ2) is 6.21. The van der Waals surface area contributed by atoms with Gasteiger partial charge in [0.1, 0.15) is 0 Å². The number of thioether (sulfide) groups is 1. The van der Waals surface area contributed by atoms with Gasteiger partial charge in [-0.25, -0.2) is 0 Å². The third-order valence-corrected chi connectivity index (χ3v) is 2.13. The molecule has 0 saturated carbocycles. The van der Waals surface area contributed by atoms with Crippen LogP contribution >= 0.6 is 11.8 Å². The Kier molecular flexibility index (Phi) is 6.28. The Morgan fingerprint density at radius 2 is 2.11 bits per heavy atom. The highest BCUT2D eigenvalue weighted by Crippen LogP contribution is 2.16. The lowest BCUT2D eigenvalue weighted by Crippen LogP contribution is -1.75. The Morgan fingerprint density at radius 1 is 1.44 bits per heavy atom. The predicted octanol–water partition coefficient (Wildman–Crippen LogP) is 3.44. The van der Waals surface area contributed by atoms with Gasteiger partial charge in [0.05, 0.1) is 0 Å². The SMILES string of the molecule is C=C(CCCCC)SC. The van der Waals surface area contributed by atoms with Gasteiger partial charge in [-0.05, 0) is 24.0 Å². The van der Waals surface area contributed by atoms with E-state index < -0.39 is 0 Å². The van der Waals surface area contributed by atoms with E-state index in [2.05, 4.69) is 19.8 Å². The van der Waals surface area contributed by atoms with Crippen molar-refractivity contribution in [2.45, 2.75) is 32.6 Å². The molecule has 0 N–H and O–H groups in total. The molecule has 0 aliphatic carbocycles. The van der Waals surface area contributed by atoms with Crippen LogP contribution in [0, 0.1) is 0 Å². The van der Waals surface area contributed by atoms with Crippen LogP contribution in [0.2, 0.25) is 0 Å². The van der Waals surface area contributed by atoms with E-state index in [0.717, 1.165) is 0 Å². The van der Waals surface area contributed by atoms with E-state index in [1.54, 1.807) is 11.8 Å². The molecule has 9 heavy (non-hydrogen) atoms. The minimum absolute atomic E-state index is 1.20. The van der Waals surface area contributed by atoms with E-state index in [1.165, 1.54) is 30.6 Å². The zero-order valence-corrected chi connectivity index (χ0v) is 7.26. The van der Waals surface area contributed by atoms with E-state index >= 15 is 0 Å². The molecule has 0 spiro atoms. The Balaban J connectivity index is 2.97. The molecule has 0 saturated heterocycles. The average Bonchev–Trinajstić information content (AvgIpc) is 1.89. The topological polar surface area (TPSA) is 0 Å². The first kappa shape index (κ1) is 9.09. The molecule has 0 amide bonds. The number of unbranched alkanes of at least 4 members (excludes halogenated alkanes) is 2. The molecule has 0 nitrogen and oxygen atoms in total. The van der Waals surface area contributed by atoms with Gasteiger partial charge in [-0.2, -0.15) is 0 Å². The van der Waals surface area contributed by atoms with Gasteiger partial charge in [-0.15, -0.1) is 11.8 Å². The zero-order valence-electron chi connectivity index (χ0n) is 6.44. The summed E-state index contributed by atoms with van der Waals surface area (Å²) < 4.78 is 0. The van der Waals surface area contributed by atoms with Gasteiger partial charge in [-0.1, -0.05) is 26.3 Å². The van der Waals surface area contributed by atoms with Crippen molar-refractivity contribution < 1.29 is 0 Å². The minimum atomic E-state index is 1.20.